The van der Waals surface area contributed by atoms with E-state index in [2.05, 4.69) is 18.5 Å². The van der Waals surface area contributed by atoms with Gasteiger partial charge in [-0.2, -0.15) is 0 Å². The van der Waals surface area contributed by atoms with E-state index in [4.69, 9.17) is 4.74 Å². The van der Waals surface area contributed by atoms with Crippen LogP contribution in [0, 0.1) is 23.2 Å². The highest BCUT2D eigenvalue weighted by molar-refractivity contribution is 5.76. The fourth-order valence-corrected chi connectivity index (χ4v) is 6.21. The maximum absolute atomic E-state index is 12.9. The zero-order valence-corrected chi connectivity index (χ0v) is 17.8. The highest BCUT2D eigenvalue weighted by atomic mass is 16.6. The van der Waals surface area contributed by atoms with Crippen molar-refractivity contribution in [2.45, 2.75) is 51.7 Å². The van der Waals surface area contributed by atoms with Gasteiger partial charge in [0.15, 0.2) is 11.2 Å². The Hall–Kier alpha value is -2.64. The van der Waals surface area contributed by atoms with Crippen LogP contribution in [0.25, 0.3) is 11.2 Å². The van der Waals surface area contributed by atoms with E-state index in [1.54, 1.807) is 17.9 Å². The Bertz CT molecular complexity index is 1190. The van der Waals surface area contributed by atoms with Gasteiger partial charge in [-0.3, -0.25) is 18.7 Å². The number of rotatable bonds is 2. The van der Waals surface area contributed by atoms with Crippen LogP contribution >= 0.6 is 0 Å². The molecule has 3 heterocycles. The zero-order chi connectivity index (χ0) is 21.4. The van der Waals surface area contributed by atoms with Crippen molar-refractivity contribution in [3.8, 4) is 0 Å². The maximum atomic E-state index is 12.9. The smallest absolute Gasteiger partial charge is 0.332 e. The van der Waals surface area contributed by atoms with Crippen LogP contribution in [0.15, 0.2) is 28.1 Å². The Morgan fingerprint density at radius 3 is 2.80 bits per heavy atom. The van der Waals surface area contributed by atoms with E-state index in [-0.39, 0.29) is 29.3 Å². The first-order valence-electron chi connectivity index (χ1n) is 10.7. The predicted octanol–water partition coefficient (Wildman–Crippen LogP) is 1.75. The average molecular weight is 412 g/mol. The molecule has 0 unspecified atom stereocenters. The number of fused-ring (bicyclic) bond motifs is 3. The third kappa shape index (κ3) is 2.58. The Kier molecular flexibility index (Phi) is 4.14. The molecule has 2 aliphatic carbocycles. The molecular formula is C22H28N4O4. The van der Waals surface area contributed by atoms with E-state index in [0.717, 1.165) is 36.7 Å². The summed E-state index contributed by atoms with van der Waals surface area (Å²) in [6.45, 7) is 6.99. The van der Waals surface area contributed by atoms with Crippen molar-refractivity contribution >= 4 is 17.1 Å². The van der Waals surface area contributed by atoms with Gasteiger partial charge in [0, 0.05) is 26.6 Å². The quantitative estimate of drug-likeness (QED) is 0.554. The van der Waals surface area contributed by atoms with Gasteiger partial charge in [0.2, 0.25) is 0 Å². The molecule has 3 aliphatic rings. The number of allylic oxidation sites excluding steroid dienone is 1. The Balaban J connectivity index is 1.50. The zero-order valence-electron chi connectivity index (χ0n) is 17.8. The van der Waals surface area contributed by atoms with Crippen LogP contribution in [0.1, 0.15) is 39.0 Å². The van der Waals surface area contributed by atoms with Crippen molar-refractivity contribution in [3.05, 3.63) is 39.3 Å². The van der Waals surface area contributed by atoms with Crippen molar-refractivity contribution in [1.82, 2.24) is 18.7 Å². The van der Waals surface area contributed by atoms with Gasteiger partial charge < -0.3 is 9.30 Å². The molecule has 0 spiro atoms. The van der Waals surface area contributed by atoms with Crippen molar-refractivity contribution in [1.29, 1.82) is 0 Å². The molecule has 0 radical (unpaired) electrons. The molecule has 8 nitrogen and oxygen atoms in total. The Morgan fingerprint density at radius 2 is 2.03 bits per heavy atom. The van der Waals surface area contributed by atoms with Gasteiger partial charge in [0.05, 0.1) is 12.2 Å². The number of aryl methyl sites for hydroxylation is 1. The van der Waals surface area contributed by atoms with Gasteiger partial charge in [-0.15, -0.1) is 0 Å². The highest BCUT2D eigenvalue weighted by Gasteiger charge is 2.55. The highest BCUT2D eigenvalue weighted by Crippen LogP contribution is 2.57. The van der Waals surface area contributed by atoms with Crippen LogP contribution in [-0.2, 0) is 30.2 Å². The second-order valence-electron chi connectivity index (χ2n) is 9.68. The predicted molar refractivity (Wildman–Crippen MR) is 111 cm³/mol. The normalized spacial score (nSPS) is 33.4. The van der Waals surface area contributed by atoms with Crippen molar-refractivity contribution in [3.63, 3.8) is 0 Å². The summed E-state index contributed by atoms with van der Waals surface area (Å²) in [7, 11) is 3.05. The Labute approximate surface area is 174 Å². The van der Waals surface area contributed by atoms with Gasteiger partial charge in [-0.1, -0.05) is 19.1 Å². The minimum Gasteiger partial charge on any atom is -0.462 e. The standard InChI is InChI=1S/C22H28N4O4/c1-12-6-5-7-22(2)9-16-13(8-15(12)22)14(20(28)30-16)10-26-11-23-18-17(26)19(27)25(4)21(29)24(18)3/h11,13-16H,1,5-10H2,2-4H3/t13-,14+,15+,16-,22-/m1/s1. The van der Waals surface area contributed by atoms with Crippen LogP contribution < -0.4 is 11.2 Å². The topological polar surface area (TPSA) is 88.1 Å². The molecule has 30 heavy (non-hydrogen) atoms. The van der Waals surface area contributed by atoms with Crippen molar-refractivity contribution < 1.29 is 9.53 Å². The lowest BCUT2D eigenvalue weighted by atomic mass is 9.55. The minimum atomic E-state index is -0.416. The first-order chi connectivity index (χ1) is 14.2. The Morgan fingerprint density at radius 1 is 1.27 bits per heavy atom. The number of nitrogens with zero attached hydrogens (tertiary/aromatic N) is 4. The van der Waals surface area contributed by atoms with Crippen molar-refractivity contribution in [2.24, 2.45) is 37.3 Å². The monoisotopic (exact) mass is 412 g/mol. The molecule has 2 saturated carbocycles. The van der Waals surface area contributed by atoms with Crippen LogP contribution in [0.3, 0.4) is 0 Å². The summed E-state index contributed by atoms with van der Waals surface area (Å²) < 4.78 is 10.0. The number of aromatic nitrogens is 4. The molecular weight excluding hydrogens is 384 g/mol. The molecule has 1 aliphatic heterocycles. The molecule has 1 saturated heterocycles. The third-order valence-electron chi connectivity index (χ3n) is 7.93. The average Bonchev–Trinajstić information content (AvgIpc) is 3.24. The first kappa shape index (κ1) is 19.3. The SMILES string of the molecule is C=C1CCC[C@]2(C)C[C@H]3OC(=O)[C@@H](Cn4cnc5c4c(=O)n(C)c(=O)n5C)[C@H]3C[C@@H]12. The van der Waals surface area contributed by atoms with E-state index < -0.39 is 11.2 Å². The number of hydrogen-bond acceptors (Lipinski definition) is 5. The van der Waals surface area contributed by atoms with Gasteiger partial charge in [0.1, 0.15) is 6.10 Å². The van der Waals surface area contributed by atoms with Gasteiger partial charge >= 0.3 is 11.7 Å². The van der Waals surface area contributed by atoms with Gasteiger partial charge in [-0.25, -0.2) is 9.78 Å². The van der Waals surface area contributed by atoms with Gasteiger partial charge in [-0.05, 0) is 43.4 Å². The van der Waals surface area contributed by atoms with E-state index in [1.807, 2.05) is 0 Å². The van der Waals surface area contributed by atoms with Crippen LogP contribution in [0.2, 0.25) is 0 Å². The number of hydrogen-bond donors (Lipinski definition) is 0. The van der Waals surface area contributed by atoms with E-state index in [9.17, 15) is 14.4 Å². The maximum Gasteiger partial charge on any atom is 0.332 e. The fourth-order valence-electron chi connectivity index (χ4n) is 6.21. The van der Waals surface area contributed by atoms with Crippen molar-refractivity contribution in [2.75, 3.05) is 0 Å². The number of ether oxygens (including phenoxy) is 1. The van der Waals surface area contributed by atoms with E-state index >= 15 is 0 Å². The molecule has 0 amide bonds. The number of esters is 1. The van der Waals surface area contributed by atoms with Crippen LogP contribution in [0.4, 0.5) is 0 Å². The molecule has 2 aromatic rings. The molecule has 5 rings (SSSR count). The number of carbonyl (C=O) groups is 1. The lowest BCUT2D eigenvalue weighted by Crippen LogP contribution is -2.44. The van der Waals surface area contributed by atoms with Crippen LogP contribution in [-0.4, -0.2) is 30.8 Å². The lowest BCUT2D eigenvalue weighted by Gasteiger charge is -2.50. The summed E-state index contributed by atoms with van der Waals surface area (Å²) in [6.07, 6.45) is 6.63. The first-order valence-corrected chi connectivity index (χ1v) is 10.7. The molecule has 8 heteroatoms. The van der Waals surface area contributed by atoms with Crippen LogP contribution in [0.5, 0.6) is 0 Å². The molecule has 0 N–H and O–H groups in total. The number of carbonyl (C=O) groups excluding carboxylic acids is 1. The number of imidazole rings is 1. The summed E-state index contributed by atoms with van der Waals surface area (Å²) in [6, 6.07) is 0. The summed E-state index contributed by atoms with van der Waals surface area (Å²) in [5.74, 6) is 0.00644. The fraction of sp³-hybridized carbons (Fsp3) is 0.636. The largest absolute Gasteiger partial charge is 0.462 e. The summed E-state index contributed by atoms with van der Waals surface area (Å²) in [5.41, 5.74) is 1.33. The molecule has 5 atom stereocenters. The third-order valence-corrected chi connectivity index (χ3v) is 7.93. The van der Waals surface area contributed by atoms with E-state index in [1.165, 1.54) is 17.2 Å². The second-order valence-corrected chi connectivity index (χ2v) is 9.68. The molecule has 0 bridgehead atoms. The lowest BCUT2D eigenvalue weighted by molar-refractivity contribution is -0.146. The van der Waals surface area contributed by atoms with Gasteiger partial charge in [0.25, 0.3) is 5.56 Å². The molecule has 2 aromatic heterocycles. The second kappa shape index (κ2) is 6.43. The molecule has 3 fully saturated rings. The minimum absolute atomic E-state index is 0.0726. The summed E-state index contributed by atoms with van der Waals surface area (Å²) in [5, 5.41) is 0. The molecule has 0 aromatic carbocycles. The molecule has 160 valence electrons. The van der Waals surface area contributed by atoms with E-state index in [0.29, 0.717) is 23.6 Å². The summed E-state index contributed by atoms with van der Waals surface area (Å²) >= 11 is 0. The summed E-state index contributed by atoms with van der Waals surface area (Å²) in [4.78, 5) is 42.1.